The summed E-state index contributed by atoms with van der Waals surface area (Å²) in [4.78, 5) is 44.9. The molecular weight excluding hydrogens is 322 g/mol. The number of nitrogens with two attached hydrogens (primary N) is 1. The number of anilines is 1. The van der Waals surface area contributed by atoms with E-state index in [9.17, 15) is 19.2 Å². The number of amides is 3. The molecule has 0 spiro atoms. The molecule has 0 aliphatic rings. The van der Waals surface area contributed by atoms with E-state index in [2.05, 4.69) is 10.6 Å². The van der Waals surface area contributed by atoms with E-state index in [-0.39, 0.29) is 17.1 Å². The third kappa shape index (κ3) is 6.39. The van der Waals surface area contributed by atoms with E-state index in [1.54, 1.807) is 18.2 Å². The minimum Gasteiger partial charge on any atom is -0.480 e. The summed E-state index contributed by atoms with van der Waals surface area (Å²) < 4.78 is 0. The Balaban J connectivity index is 2.53. The Bertz CT molecular complexity index is 620. The largest absolute Gasteiger partial charge is 0.480 e. The molecule has 9 heteroatoms. The first kappa shape index (κ1) is 18.5. The van der Waals surface area contributed by atoms with Gasteiger partial charge < -0.3 is 21.5 Å². The van der Waals surface area contributed by atoms with Crippen molar-refractivity contribution < 1.29 is 24.3 Å². The first-order chi connectivity index (χ1) is 10.8. The quantitative estimate of drug-likeness (QED) is 0.528. The second-order valence-corrected chi connectivity index (χ2v) is 5.59. The highest BCUT2D eigenvalue weighted by Crippen LogP contribution is 2.15. The van der Waals surface area contributed by atoms with Crippen LogP contribution in [0, 0.1) is 0 Å². The zero-order chi connectivity index (χ0) is 17.4. The van der Waals surface area contributed by atoms with Crippen LogP contribution in [0.3, 0.4) is 0 Å². The topological polar surface area (TPSA) is 139 Å². The Morgan fingerprint density at radius 3 is 2.48 bits per heavy atom. The Morgan fingerprint density at radius 2 is 1.91 bits per heavy atom. The molecule has 0 saturated carbocycles. The van der Waals surface area contributed by atoms with Crippen molar-refractivity contribution >= 4 is 41.1 Å². The lowest BCUT2D eigenvalue weighted by atomic mass is 10.1. The van der Waals surface area contributed by atoms with Gasteiger partial charge in [-0.1, -0.05) is 12.1 Å². The Kier molecular flexibility index (Phi) is 7.07. The van der Waals surface area contributed by atoms with Gasteiger partial charge in [0.2, 0.25) is 11.8 Å². The molecule has 124 valence electrons. The lowest BCUT2D eigenvalue weighted by Gasteiger charge is -2.13. The molecule has 1 rings (SSSR count). The van der Waals surface area contributed by atoms with Crippen LogP contribution in [0.15, 0.2) is 24.3 Å². The number of nitrogens with one attached hydrogen (secondary N) is 2. The number of thioether (sulfide) groups is 1. The SMILES string of the molecule is CC(=O)NC(CSCC(=O)Nc1ccccc1C(N)=O)C(=O)O. The summed E-state index contributed by atoms with van der Waals surface area (Å²) in [5.41, 5.74) is 5.69. The van der Waals surface area contributed by atoms with E-state index in [1.807, 2.05) is 0 Å². The van der Waals surface area contributed by atoms with Gasteiger partial charge in [0.1, 0.15) is 6.04 Å². The summed E-state index contributed by atoms with van der Waals surface area (Å²) in [6, 6.07) is 5.23. The highest BCUT2D eigenvalue weighted by Gasteiger charge is 2.19. The fourth-order valence-corrected chi connectivity index (χ4v) is 2.52. The maximum atomic E-state index is 11.8. The summed E-state index contributed by atoms with van der Waals surface area (Å²) in [6.07, 6.45) is 0. The zero-order valence-electron chi connectivity index (χ0n) is 12.4. The number of hydrogen-bond acceptors (Lipinski definition) is 5. The summed E-state index contributed by atoms with van der Waals surface area (Å²) in [7, 11) is 0. The molecule has 8 nitrogen and oxygen atoms in total. The van der Waals surface area contributed by atoms with Crippen molar-refractivity contribution in [1.82, 2.24) is 5.32 Å². The molecule has 0 radical (unpaired) electrons. The molecule has 0 aromatic heterocycles. The highest BCUT2D eigenvalue weighted by molar-refractivity contribution is 8.00. The number of carboxylic acid groups (broad SMARTS) is 1. The smallest absolute Gasteiger partial charge is 0.327 e. The van der Waals surface area contributed by atoms with Crippen LogP contribution in [0.5, 0.6) is 0 Å². The lowest BCUT2D eigenvalue weighted by Crippen LogP contribution is -2.41. The average molecular weight is 339 g/mol. The van der Waals surface area contributed by atoms with Crippen LogP contribution in [-0.2, 0) is 14.4 Å². The summed E-state index contributed by atoms with van der Waals surface area (Å²) >= 11 is 1.05. The van der Waals surface area contributed by atoms with Crippen LogP contribution in [0.4, 0.5) is 5.69 Å². The molecule has 23 heavy (non-hydrogen) atoms. The predicted octanol–water partition coefficient (Wildman–Crippen LogP) is 0.0465. The fourth-order valence-electron chi connectivity index (χ4n) is 1.68. The van der Waals surface area contributed by atoms with Gasteiger partial charge >= 0.3 is 5.97 Å². The Labute approximate surface area is 136 Å². The van der Waals surface area contributed by atoms with Gasteiger partial charge in [-0.2, -0.15) is 0 Å². The summed E-state index contributed by atoms with van der Waals surface area (Å²) in [5, 5.41) is 13.8. The van der Waals surface area contributed by atoms with Crippen LogP contribution >= 0.6 is 11.8 Å². The van der Waals surface area contributed by atoms with Gasteiger partial charge in [-0.25, -0.2) is 4.79 Å². The van der Waals surface area contributed by atoms with Crippen molar-refractivity contribution in [2.24, 2.45) is 5.73 Å². The van der Waals surface area contributed by atoms with Crippen LogP contribution in [0.2, 0.25) is 0 Å². The first-order valence-electron chi connectivity index (χ1n) is 6.57. The minimum absolute atomic E-state index is 0.0313. The van der Waals surface area contributed by atoms with Crippen molar-refractivity contribution in [3.8, 4) is 0 Å². The number of rotatable bonds is 8. The van der Waals surface area contributed by atoms with Crippen LogP contribution in [-0.4, -0.2) is 46.3 Å². The van der Waals surface area contributed by atoms with Gasteiger partial charge in [-0.15, -0.1) is 11.8 Å². The zero-order valence-corrected chi connectivity index (χ0v) is 13.2. The van der Waals surface area contributed by atoms with Gasteiger partial charge in [-0.3, -0.25) is 14.4 Å². The molecule has 1 aromatic rings. The maximum absolute atomic E-state index is 11.8. The van der Waals surface area contributed by atoms with E-state index in [0.29, 0.717) is 5.69 Å². The molecule has 0 heterocycles. The molecule has 0 saturated heterocycles. The number of aliphatic carboxylic acids is 1. The fraction of sp³-hybridized carbons (Fsp3) is 0.286. The lowest BCUT2D eigenvalue weighted by molar-refractivity contribution is -0.140. The number of hydrogen-bond donors (Lipinski definition) is 4. The number of carbonyl (C=O) groups is 4. The first-order valence-corrected chi connectivity index (χ1v) is 7.73. The predicted molar refractivity (Wildman–Crippen MR) is 86.2 cm³/mol. The maximum Gasteiger partial charge on any atom is 0.327 e. The monoisotopic (exact) mass is 339 g/mol. The van der Waals surface area contributed by atoms with Crippen molar-refractivity contribution in [2.75, 3.05) is 16.8 Å². The van der Waals surface area contributed by atoms with Gasteiger partial charge in [0.25, 0.3) is 5.91 Å². The molecule has 5 N–H and O–H groups in total. The number of benzene rings is 1. The highest BCUT2D eigenvalue weighted by atomic mass is 32.2. The van der Waals surface area contributed by atoms with Crippen molar-refractivity contribution in [3.05, 3.63) is 29.8 Å². The van der Waals surface area contributed by atoms with E-state index in [1.165, 1.54) is 13.0 Å². The summed E-state index contributed by atoms with van der Waals surface area (Å²) in [5.74, 6) is -2.69. The summed E-state index contributed by atoms with van der Waals surface area (Å²) in [6.45, 7) is 1.22. The molecular formula is C14H17N3O5S. The molecule has 1 atom stereocenters. The van der Waals surface area contributed by atoms with Gasteiger partial charge in [0.15, 0.2) is 0 Å². The Hall–Kier alpha value is -2.55. The standard InChI is InChI=1S/C14H17N3O5S/c1-8(18)16-11(14(21)22)6-23-7-12(19)17-10-5-3-2-4-9(10)13(15)20/h2-5,11H,6-7H2,1H3,(H2,15,20)(H,16,18)(H,17,19)(H,21,22). The molecule has 0 fully saturated rings. The van der Waals surface area contributed by atoms with Gasteiger partial charge in [0, 0.05) is 12.7 Å². The van der Waals surface area contributed by atoms with Crippen LogP contribution in [0.1, 0.15) is 17.3 Å². The van der Waals surface area contributed by atoms with Crippen LogP contribution < -0.4 is 16.4 Å². The van der Waals surface area contributed by atoms with Crippen molar-refractivity contribution in [2.45, 2.75) is 13.0 Å². The molecule has 0 aliphatic carbocycles. The number of carboxylic acids is 1. The number of carbonyl (C=O) groups excluding carboxylic acids is 3. The van der Waals surface area contributed by atoms with E-state index in [4.69, 9.17) is 10.8 Å². The van der Waals surface area contributed by atoms with E-state index in [0.717, 1.165) is 11.8 Å². The van der Waals surface area contributed by atoms with E-state index < -0.39 is 29.7 Å². The molecule has 0 aliphatic heterocycles. The molecule has 3 amide bonds. The van der Waals surface area contributed by atoms with Crippen molar-refractivity contribution in [1.29, 1.82) is 0 Å². The van der Waals surface area contributed by atoms with Gasteiger partial charge in [-0.05, 0) is 12.1 Å². The average Bonchev–Trinajstić information content (AvgIpc) is 2.46. The second kappa shape index (κ2) is 8.79. The normalized spacial score (nSPS) is 11.3. The molecule has 0 bridgehead atoms. The van der Waals surface area contributed by atoms with Crippen LogP contribution in [0.25, 0.3) is 0 Å². The van der Waals surface area contributed by atoms with Gasteiger partial charge in [0.05, 0.1) is 17.0 Å². The third-order valence-electron chi connectivity index (χ3n) is 2.66. The number of para-hydroxylation sites is 1. The third-order valence-corrected chi connectivity index (χ3v) is 3.70. The Morgan fingerprint density at radius 1 is 1.26 bits per heavy atom. The second-order valence-electron chi connectivity index (χ2n) is 4.56. The molecule has 1 unspecified atom stereocenters. The minimum atomic E-state index is -1.17. The molecule has 1 aromatic carbocycles. The van der Waals surface area contributed by atoms with E-state index >= 15 is 0 Å². The number of primary amides is 1. The van der Waals surface area contributed by atoms with Crippen molar-refractivity contribution in [3.63, 3.8) is 0 Å².